The molecule has 8 nitrogen and oxygen atoms in total. The highest BCUT2D eigenvalue weighted by Gasteiger charge is 2.19. The third-order valence-electron chi connectivity index (χ3n) is 4.30. The maximum atomic E-state index is 12.3. The number of carbonyl (C=O) groups excluding carboxylic acids is 3. The van der Waals surface area contributed by atoms with Crippen LogP contribution in [0.5, 0.6) is 0 Å². The van der Waals surface area contributed by atoms with E-state index in [0.717, 1.165) is 35.4 Å². The lowest BCUT2D eigenvalue weighted by atomic mass is 10.0. The van der Waals surface area contributed by atoms with E-state index in [4.69, 9.17) is 0 Å². The Morgan fingerprint density at radius 1 is 1.29 bits per heavy atom. The number of hydrogen-bond acceptors (Lipinski definition) is 6. The minimum atomic E-state index is -0.483. The zero-order valence-corrected chi connectivity index (χ0v) is 15.6. The van der Waals surface area contributed by atoms with Crippen molar-refractivity contribution in [1.29, 1.82) is 0 Å². The summed E-state index contributed by atoms with van der Waals surface area (Å²) in [6.07, 6.45) is 4.43. The average Bonchev–Trinajstić information content (AvgIpc) is 3.32. The molecule has 0 saturated heterocycles. The molecule has 0 unspecified atom stereocenters. The SMILES string of the molecule is O=CN1CCc2cc(C(=O)CCNC(=O)/C=C/c3ccc([N+](=O)[O-])s3)ccc21. The molecule has 0 fully saturated rings. The molecule has 1 N–H and O–H groups in total. The second kappa shape index (κ2) is 8.57. The molecule has 1 aromatic carbocycles. The molecule has 1 aromatic heterocycles. The van der Waals surface area contributed by atoms with E-state index in [-0.39, 0.29) is 29.7 Å². The van der Waals surface area contributed by atoms with Crippen molar-refractivity contribution in [2.45, 2.75) is 12.8 Å². The minimum Gasteiger partial charge on any atom is -0.352 e. The van der Waals surface area contributed by atoms with Crippen LogP contribution in [-0.4, -0.2) is 36.1 Å². The van der Waals surface area contributed by atoms with Crippen molar-refractivity contribution in [1.82, 2.24) is 5.32 Å². The Labute approximate surface area is 164 Å². The number of carbonyl (C=O) groups is 3. The molecule has 0 radical (unpaired) electrons. The Balaban J connectivity index is 1.48. The number of nitrogens with zero attached hydrogens (tertiary/aromatic N) is 2. The Morgan fingerprint density at radius 2 is 2.11 bits per heavy atom. The van der Waals surface area contributed by atoms with E-state index in [1.54, 1.807) is 29.2 Å². The van der Waals surface area contributed by atoms with Crippen LogP contribution in [0.4, 0.5) is 10.7 Å². The van der Waals surface area contributed by atoms with E-state index in [1.165, 1.54) is 18.2 Å². The first-order chi connectivity index (χ1) is 13.5. The van der Waals surface area contributed by atoms with Crippen LogP contribution >= 0.6 is 11.3 Å². The number of nitro groups is 1. The zero-order chi connectivity index (χ0) is 20.1. The van der Waals surface area contributed by atoms with E-state index in [2.05, 4.69) is 5.32 Å². The normalized spacial score (nSPS) is 12.8. The third kappa shape index (κ3) is 4.49. The number of nitrogens with one attached hydrogen (secondary N) is 1. The molecule has 2 heterocycles. The standard InChI is InChI=1S/C19H17N3O5S/c23-12-21-10-8-13-11-14(1-4-16(13)21)17(24)7-9-20-18(25)5-2-15-3-6-19(28-15)22(26)27/h1-6,11-12H,7-10H2,(H,20,25)/b5-2+. The number of fused-ring (bicyclic) bond motifs is 1. The topological polar surface area (TPSA) is 110 Å². The summed E-state index contributed by atoms with van der Waals surface area (Å²) in [5, 5.41) is 13.3. The lowest BCUT2D eigenvalue weighted by molar-refractivity contribution is -0.380. The second-order valence-corrected chi connectivity index (χ2v) is 7.22. The van der Waals surface area contributed by atoms with Crippen LogP contribution in [-0.2, 0) is 16.0 Å². The fourth-order valence-electron chi connectivity index (χ4n) is 2.90. The molecule has 0 aliphatic carbocycles. The van der Waals surface area contributed by atoms with Gasteiger partial charge < -0.3 is 10.2 Å². The first kappa shape index (κ1) is 19.4. The van der Waals surface area contributed by atoms with Crippen LogP contribution in [0.3, 0.4) is 0 Å². The van der Waals surface area contributed by atoms with Crippen LogP contribution in [0.15, 0.2) is 36.4 Å². The van der Waals surface area contributed by atoms with Gasteiger partial charge >= 0.3 is 5.00 Å². The van der Waals surface area contributed by atoms with Crippen molar-refractivity contribution in [3.05, 3.63) is 62.5 Å². The molecule has 3 rings (SSSR count). The average molecular weight is 399 g/mol. The number of amides is 2. The van der Waals surface area contributed by atoms with Gasteiger partial charge in [0, 0.05) is 47.8 Å². The number of rotatable bonds is 8. The quantitative estimate of drug-likeness (QED) is 0.241. The van der Waals surface area contributed by atoms with E-state index in [1.807, 2.05) is 0 Å². The fraction of sp³-hybridized carbons (Fsp3) is 0.211. The molecule has 9 heteroatoms. The van der Waals surface area contributed by atoms with Gasteiger partial charge in [-0.2, -0.15) is 0 Å². The van der Waals surface area contributed by atoms with Gasteiger partial charge in [-0.05, 0) is 42.3 Å². The van der Waals surface area contributed by atoms with Crippen molar-refractivity contribution < 1.29 is 19.3 Å². The van der Waals surface area contributed by atoms with E-state index in [9.17, 15) is 24.5 Å². The Kier molecular flexibility index (Phi) is 5.95. The Hall–Kier alpha value is -3.33. The molecular weight excluding hydrogens is 382 g/mol. The monoisotopic (exact) mass is 399 g/mol. The summed E-state index contributed by atoms with van der Waals surface area (Å²) in [7, 11) is 0. The molecule has 2 amide bonds. The van der Waals surface area contributed by atoms with Gasteiger partial charge in [0.25, 0.3) is 0 Å². The molecular formula is C19H17N3O5S. The molecule has 2 aromatic rings. The lowest BCUT2D eigenvalue weighted by Gasteiger charge is -2.10. The molecule has 1 aliphatic heterocycles. The number of ketones is 1. The number of anilines is 1. The van der Waals surface area contributed by atoms with Crippen LogP contribution < -0.4 is 10.2 Å². The maximum absolute atomic E-state index is 12.3. The molecule has 144 valence electrons. The molecule has 0 atom stereocenters. The summed E-state index contributed by atoms with van der Waals surface area (Å²) in [6, 6.07) is 8.20. The summed E-state index contributed by atoms with van der Waals surface area (Å²) in [5.41, 5.74) is 2.36. The van der Waals surface area contributed by atoms with Crippen LogP contribution in [0.2, 0.25) is 0 Å². The van der Waals surface area contributed by atoms with Gasteiger partial charge in [0.1, 0.15) is 0 Å². The molecule has 0 bridgehead atoms. The van der Waals surface area contributed by atoms with Gasteiger partial charge in [-0.15, -0.1) is 0 Å². The molecule has 0 spiro atoms. The van der Waals surface area contributed by atoms with E-state index in [0.29, 0.717) is 17.0 Å². The zero-order valence-electron chi connectivity index (χ0n) is 14.8. The number of thiophene rings is 1. The fourth-order valence-corrected chi connectivity index (χ4v) is 3.62. The number of Topliss-reactive ketones (excluding diaryl/α,β-unsaturated/α-hetero) is 1. The van der Waals surface area contributed by atoms with Crippen LogP contribution in [0.1, 0.15) is 27.2 Å². The highest BCUT2D eigenvalue weighted by molar-refractivity contribution is 7.16. The second-order valence-electron chi connectivity index (χ2n) is 6.12. The number of benzene rings is 1. The highest BCUT2D eigenvalue weighted by atomic mass is 32.1. The number of hydrogen-bond donors (Lipinski definition) is 1. The van der Waals surface area contributed by atoms with Crippen molar-refractivity contribution >= 4 is 46.2 Å². The van der Waals surface area contributed by atoms with Gasteiger partial charge in [-0.25, -0.2) is 0 Å². The van der Waals surface area contributed by atoms with Gasteiger partial charge in [-0.1, -0.05) is 11.3 Å². The lowest BCUT2D eigenvalue weighted by Crippen LogP contribution is -2.24. The van der Waals surface area contributed by atoms with Gasteiger partial charge in [-0.3, -0.25) is 24.5 Å². The molecule has 28 heavy (non-hydrogen) atoms. The van der Waals surface area contributed by atoms with Gasteiger partial charge in [0.05, 0.1) is 4.92 Å². The summed E-state index contributed by atoms with van der Waals surface area (Å²) < 4.78 is 0. The van der Waals surface area contributed by atoms with Gasteiger partial charge in [0.15, 0.2) is 5.78 Å². The third-order valence-corrected chi connectivity index (χ3v) is 5.31. The van der Waals surface area contributed by atoms with Crippen molar-refractivity contribution in [3.8, 4) is 0 Å². The van der Waals surface area contributed by atoms with Crippen molar-refractivity contribution in [3.63, 3.8) is 0 Å². The summed E-state index contributed by atoms with van der Waals surface area (Å²) in [5.74, 6) is -0.468. The largest absolute Gasteiger partial charge is 0.352 e. The Bertz CT molecular complexity index is 966. The highest BCUT2D eigenvalue weighted by Crippen LogP contribution is 2.28. The Morgan fingerprint density at radius 3 is 2.82 bits per heavy atom. The summed E-state index contributed by atoms with van der Waals surface area (Å²) >= 11 is 0.975. The smallest absolute Gasteiger partial charge is 0.324 e. The summed E-state index contributed by atoms with van der Waals surface area (Å²) in [6.45, 7) is 0.802. The predicted octanol–water partition coefficient (Wildman–Crippen LogP) is 2.58. The molecule has 1 aliphatic rings. The van der Waals surface area contributed by atoms with Crippen molar-refractivity contribution in [2.75, 3.05) is 18.0 Å². The van der Waals surface area contributed by atoms with Crippen molar-refractivity contribution in [2.24, 2.45) is 0 Å². The van der Waals surface area contributed by atoms with E-state index < -0.39 is 4.92 Å². The van der Waals surface area contributed by atoms with Crippen LogP contribution in [0, 0.1) is 10.1 Å². The first-order valence-corrected chi connectivity index (χ1v) is 9.38. The minimum absolute atomic E-state index is 0.0104. The maximum Gasteiger partial charge on any atom is 0.324 e. The molecule has 0 saturated carbocycles. The first-order valence-electron chi connectivity index (χ1n) is 8.56. The predicted molar refractivity (Wildman–Crippen MR) is 106 cm³/mol. The van der Waals surface area contributed by atoms with E-state index >= 15 is 0 Å². The van der Waals surface area contributed by atoms with Crippen LogP contribution in [0.25, 0.3) is 6.08 Å². The van der Waals surface area contributed by atoms with Gasteiger partial charge in [0.2, 0.25) is 12.3 Å². The summed E-state index contributed by atoms with van der Waals surface area (Å²) in [4.78, 5) is 47.4.